The zero-order chi connectivity index (χ0) is 15.0. The van der Waals surface area contributed by atoms with E-state index in [0.29, 0.717) is 5.56 Å². The third-order valence-corrected chi connectivity index (χ3v) is 4.72. The molecule has 3 heterocycles. The monoisotopic (exact) mass is 286 g/mol. The number of likely N-dealkylation sites (tertiary alicyclic amines) is 1. The van der Waals surface area contributed by atoms with Crippen LogP contribution in [0.5, 0.6) is 0 Å². The second-order valence-corrected chi connectivity index (χ2v) is 6.37. The number of amides is 1. The second kappa shape index (κ2) is 5.13. The van der Waals surface area contributed by atoms with Crippen LogP contribution in [0.1, 0.15) is 49.2 Å². The molecule has 112 valence electrons. The predicted molar refractivity (Wildman–Crippen MR) is 81.3 cm³/mol. The van der Waals surface area contributed by atoms with Gasteiger partial charge in [-0.25, -0.2) is 9.50 Å². The second-order valence-electron chi connectivity index (χ2n) is 6.37. The number of hydrogen-bond acceptors (Lipinski definition) is 3. The van der Waals surface area contributed by atoms with E-state index in [0.717, 1.165) is 37.3 Å². The lowest BCUT2D eigenvalue weighted by Crippen LogP contribution is -2.44. The molecule has 0 bridgehead atoms. The van der Waals surface area contributed by atoms with E-state index in [1.807, 2.05) is 17.9 Å². The molecule has 1 amide bonds. The molecule has 1 saturated heterocycles. The van der Waals surface area contributed by atoms with E-state index in [1.165, 1.54) is 6.42 Å². The van der Waals surface area contributed by atoms with Crippen LogP contribution in [0.2, 0.25) is 0 Å². The molecule has 5 heteroatoms. The summed E-state index contributed by atoms with van der Waals surface area (Å²) in [5, 5.41) is 4.18. The van der Waals surface area contributed by atoms with Gasteiger partial charge in [0.2, 0.25) is 0 Å². The van der Waals surface area contributed by atoms with E-state index in [4.69, 9.17) is 0 Å². The molecule has 3 rings (SSSR count). The highest BCUT2D eigenvalue weighted by Crippen LogP contribution is 2.33. The molecule has 1 fully saturated rings. The van der Waals surface area contributed by atoms with E-state index in [9.17, 15) is 4.79 Å². The van der Waals surface area contributed by atoms with Gasteiger partial charge < -0.3 is 4.90 Å². The summed E-state index contributed by atoms with van der Waals surface area (Å²) in [4.78, 5) is 19.3. The summed E-state index contributed by atoms with van der Waals surface area (Å²) >= 11 is 0. The normalized spacial score (nSPS) is 22.7. The Labute approximate surface area is 125 Å². The molecule has 0 aromatic carbocycles. The minimum atomic E-state index is 0.0803. The maximum absolute atomic E-state index is 12.8. The van der Waals surface area contributed by atoms with Gasteiger partial charge in [-0.1, -0.05) is 13.8 Å². The molecular formula is C16H22N4O. The molecule has 1 aliphatic rings. The molecule has 0 radical (unpaired) electrons. The van der Waals surface area contributed by atoms with Crippen LogP contribution < -0.4 is 0 Å². The predicted octanol–water partition coefficient (Wildman–Crippen LogP) is 2.69. The standard InChI is InChI=1S/C16H22N4O/c1-4-16(3)7-5-9-19(11-16)15(21)13-10-20-14(6-8-17-20)18-12(13)2/h6,8,10H,4-5,7,9,11H2,1-3H3/t16-/m0/s1. The van der Waals surface area contributed by atoms with Crippen molar-refractivity contribution >= 4 is 11.6 Å². The lowest BCUT2D eigenvalue weighted by molar-refractivity contribution is 0.0541. The summed E-state index contributed by atoms with van der Waals surface area (Å²) in [6.45, 7) is 8.04. The average Bonchev–Trinajstić information content (AvgIpc) is 2.93. The van der Waals surface area contributed by atoms with Gasteiger partial charge in [-0.15, -0.1) is 0 Å². The quantitative estimate of drug-likeness (QED) is 0.853. The Kier molecular flexibility index (Phi) is 3.43. The van der Waals surface area contributed by atoms with Gasteiger partial charge in [-0.05, 0) is 31.6 Å². The average molecular weight is 286 g/mol. The summed E-state index contributed by atoms with van der Waals surface area (Å²) in [5.74, 6) is 0.0803. The first-order chi connectivity index (χ1) is 10.0. The minimum Gasteiger partial charge on any atom is -0.338 e. The zero-order valence-corrected chi connectivity index (χ0v) is 13.0. The van der Waals surface area contributed by atoms with Crippen LogP contribution in [-0.2, 0) is 0 Å². The van der Waals surface area contributed by atoms with Gasteiger partial charge in [0.15, 0.2) is 5.65 Å². The fourth-order valence-corrected chi connectivity index (χ4v) is 3.10. The van der Waals surface area contributed by atoms with Gasteiger partial charge >= 0.3 is 0 Å². The Morgan fingerprint density at radius 1 is 1.48 bits per heavy atom. The molecule has 0 N–H and O–H groups in total. The van der Waals surface area contributed by atoms with Gasteiger partial charge in [0.1, 0.15) is 0 Å². The fourth-order valence-electron chi connectivity index (χ4n) is 3.10. The smallest absolute Gasteiger partial charge is 0.257 e. The van der Waals surface area contributed by atoms with Crippen LogP contribution in [0.15, 0.2) is 18.5 Å². The molecule has 1 atom stereocenters. The van der Waals surface area contributed by atoms with Crippen molar-refractivity contribution in [3.63, 3.8) is 0 Å². The Bertz CT molecular complexity index is 678. The van der Waals surface area contributed by atoms with Crippen molar-refractivity contribution in [2.75, 3.05) is 13.1 Å². The third kappa shape index (κ3) is 2.52. The van der Waals surface area contributed by atoms with Crippen LogP contribution in [0.4, 0.5) is 0 Å². The van der Waals surface area contributed by atoms with Gasteiger partial charge in [0.25, 0.3) is 5.91 Å². The Morgan fingerprint density at radius 2 is 2.29 bits per heavy atom. The van der Waals surface area contributed by atoms with Crippen LogP contribution in [0, 0.1) is 12.3 Å². The molecule has 0 aliphatic carbocycles. The van der Waals surface area contributed by atoms with Gasteiger partial charge in [0, 0.05) is 25.4 Å². The molecule has 0 spiro atoms. The number of carbonyl (C=O) groups excluding carboxylic acids is 1. The first-order valence-corrected chi connectivity index (χ1v) is 7.63. The van der Waals surface area contributed by atoms with Crippen LogP contribution in [0.25, 0.3) is 5.65 Å². The van der Waals surface area contributed by atoms with Crippen LogP contribution in [-0.4, -0.2) is 38.5 Å². The third-order valence-electron chi connectivity index (χ3n) is 4.72. The number of nitrogens with zero attached hydrogens (tertiary/aromatic N) is 4. The van der Waals surface area contributed by atoms with Crippen molar-refractivity contribution in [1.29, 1.82) is 0 Å². The molecule has 5 nitrogen and oxygen atoms in total. The van der Waals surface area contributed by atoms with Crippen LogP contribution >= 0.6 is 0 Å². The molecule has 2 aromatic heterocycles. The lowest BCUT2D eigenvalue weighted by Gasteiger charge is -2.40. The Balaban J connectivity index is 1.91. The highest BCUT2D eigenvalue weighted by molar-refractivity contribution is 5.95. The van der Waals surface area contributed by atoms with Gasteiger partial charge in [-0.3, -0.25) is 4.79 Å². The van der Waals surface area contributed by atoms with E-state index >= 15 is 0 Å². The Hall–Kier alpha value is -1.91. The summed E-state index contributed by atoms with van der Waals surface area (Å²) < 4.78 is 1.67. The number of carbonyl (C=O) groups is 1. The van der Waals surface area contributed by atoms with Crippen molar-refractivity contribution in [2.45, 2.75) is 40.0 Å². The fraction of sp³-hybridized carbons (Fsp3) is 0.562. The van der Waals surface area contributed by atoms with E-state index in [1.54, 1.807) is 16.9 Å². The molecule has 0 unspecified atom stereocenters. The van der Waals surface area contributed by atoms with E-state index in [2.05, 4.69) is 23.9 Å². The molecule has 0 saturated carbocycles. The Morgan fingerprint density at radius 3 is 3.05 bits per heavy atom. The highest BCUT2D eigenvalue weighted by atomic mass is 16.2. The van der Waals surface area contributed by atoms with Gasteiger partial charge in [0.05, 0.1) is 17.5 Å². The summed E-state index contributed by atoms with van der Waals surface area (Å²) in [5.41, 5.74) is 2.45. The summed E-state index contributed by atoms with van der Waals surface area (Å²) in [7, 11) is 0. The summed E-state index contributed by atoms with van der Waals surface area (Å²) in [6, 6.07) is 1.84. The maximum atomic E-state index is 12.8. The number of hydrogen-bond donors (Lipinski definition) is 0. The maximum Gasteiger partial charge on any atom is 0.257 e. The largest absolute Gasteiger partial charge is 0.338 e. The summed E-state index contributed by atoms with van der Waals surface area (Å²) in [6.07, 6.45) is 6.88. The van der Waals surface area contributed by atoms with Crippen molar-refractivity contribution < 1.29 is 4.79 Å². The number of rotatable bonds is 2. The number of aryl methyl sites for hydroxylation is 1. The highest BCUT2D eigenvalue weighted by Gasteiger charge is 2.32. The topological polar surface area (TPSA) is 50.5 Å². The molecule has 1 aliphatic heterocycles. The van der Waals surface area contributed by atoms with Crippen LogP contribution in [0.3, 0.4) is 0 Å². The number of aromatic nitrogens is 3. The molecule has 21 heavy (non-hydrogen) atoms. The van der Waals surface area contributed by atoms with E-state index < -0.39 is 0 Å². The first-order valence-electron chi connectivity index (χ1n) is 7.63. The van der Waals surface area contributed by atoms with Crippen molar-refractivity contribution in [3.05, 3.63) is 29.7 Å². The number of fused-ring (bicyclic) bond motifs is 1. The lowest BCUT2D eigenvalue weighted by atomic mass is 9.79. The van der Waals surface area contributed by atoms with Gasteiger partial charge in [-0.2, -0.15) is 5.10 Å². The minimum absolute atomic E-state index is 0.0803. The SMILES string of the molecule is CC[C@@]1(C)CCCN(C(=O)c2cn3nccc3nc2C)C1. The molecule has 2 aromatic rings. The van der Waals surface area contributed by atoms with Crippen molar-refractivity contribution in [3.8, 4) is 0 Å². The van der Waals surface area contributed by atoms with E-state index in [-0.39, 0.29) is 11.3 Å². The zero-order valence-electron chi connectivity index (χ0n) is 13.0. The molecular weight excluding hydrogens is 264 g/mol. The first kappa shape index (κ1) is 14.0. The number of piperidine rings is 1. The van der Waals surface area contributed by atoms with Crippen molar-refractivity contribution in [1.82, 2.24) is 19.5 Å². The van der Waals surface area contributed by atoms with Crippen molar-refractivity contribution in [2.24, 2.45) is 5.41 Å².